The van der Waals surface area contributed by atoms with Crippen LogP contribution >= 0.6 is 0 Å². The van der Waals surface area contributed by atoms with E-state index < -0.39 is 0 Å². The number of benzene rings is 2. The van der Waals surface area contributed by atoms with Crippen molar-refractivity contribution in [2.24, 2.45) is 0 Å². The van der Waals surface area contributed by atoms with Crippen LogP contribution in [-0.4, -0.2) is 50.7 Å². The summed E-state index contributed by atoms with van der Waals surface area (Å²) in [5.74, 6) is 0. The molecule has 1 N–H and O–H groups in total. The molecule has 0 aromatic heterocycles. The molecule has 138 valence electrons. The second kappa shape index (κ2) is 7.81. The minimum absolute atomic E-state index is 0.286. The largest absolute Gasteiger partial charge is 0.370 e. The summed E-state index contributed by atoms with van der Waals surface area (Å²) in [5.41, 5.74) is 3.15. The van der Waals surface area contributed by atoms with Crippen molar-refractivity contribution in [1.29, 1.82) is 0 Å². The average molecular weight is 350 g/mol. The molecule has 2 fully saturated rings. The molecule has 1 atom stereocenters. The third-order valence-electron chi connectivity index (χ3n) is 6.37. The zero-order chi connectivity index (χ0) is 17.8. The summed E-state index contributed by atoms with van der Waals surface area (Å²) >= 11 is 0. The fraction of sp³-hybridized carbons (Fsp3) is 0.478. The monoisotopic (exact) mass is 349 g/mol. The Morgan fingerprint density at radius 1 is 0.923 bits per heavy atom. The minimum Gasteiger partial charge on any atom is -0.370 e. The van der Waals surface area contributed by atoms with Crippen molar-refractivity contribution in [2.45, 2.75) is 30.7 Å². The van der Waals surface area contributed by atoms with Gasteiger partial charge in [-0.25, -0.2) is 0 Å². The number of hydrogen-bond acceptors (Lipinski definition) is 3. The molecule has 0 aliphatic carbocycles. The molecule has 1 unspecified atom stereocenters. The molecule has 3 heteroatoms. The van der Waals surface area contributed by atoms with Crippen LogP contribution in [0.2, 0.25) is 0 Å². The fourth-order valence-electron chi connectivity index (χ4n) is 4.55. The summed E-state index contributed by atoms with van der Waals surface area (Å²) in [7, 11) is 2.25. The second-order valence-corrected chi connectivity index (χ2v) is 8.10. The van der Waals surface area contributed by atoms with E-state index in [-0.39, 0.29) is 5.41 Å². The van der Waals surface area contributed by atoms with Crippen LogP contribution in [0.4, 0.5) is 5.69 Å². The molecule has 2 aliphatic rings. The summed E-state index contributed by atoms with van der Waals surface area (Å²) < 4.78 is 0. The molecular formula is C23H31N3. The topological polar surface area (TPSA) is 18.5 Å². The van der Waals surface area contributed by atoms with Crippen molar-refractivity contribution in [3.8, 4) is 0 Å². The van der Waals surface area contributed by atoms with Crippen molar-refractivity contribution < 1.29 is 0 Å². The molecule has 4 rings (SSSR count). The Balaban J connectivity index is 1.41. The number of hydrogen-bond donors (Lipinski definition) is 1. The van der Waals surface area contributed by atoms with Gasteiger partial charge in [0.25, 0.3) is 0 Å². The Kier molecular flexibility index (Phi) is 5.28. The van der Waals surface area contributed by atoms with E-state index >= 15 is 0 Å². The number of likely N-dealkylation sites (tertiary alicyclic amines) is 1. The van der Waals surface area contributed by atoms with Gasteiger partial charge in [-0.15, -0.1) is 0 Å². The van der Waals surface area contributed by atoms with E-state index in [2.05, 4.69) is 82.8 Å². The quantitative estimate of drug-likeness (QED) is 0.891. The Bertz CT molecular complexity index is 677. The van der Waals surface area contributed by atoms with Crippen molar-refractivity contribution in [1.82, 2.24) is 10.2 Å². The van der Waals surface area contributed by atoms with Gasteiger partial charge in [0.15, 0.2) is 0 Å². The van der Waals surface area contributed by atoms with Gasteiger partial charge in [-0.05, 0) is 57.1 Å². The van der Waals surface area contributed by atoms with Gasteiger partial charge in [0.2, 0.25) is 0 Å². The SMILES string of the molecule is CN1CCC(CNC2CCN(c3ccccc3)C2)(c2ccccc2)CC1. The van der Waals surface area contributed by atoms with Crippen LogP contribution in [0.5, 0.6) is 0 Å². The van der Waals surface area contributed by atoms with E-state index in [1.165, 1.54) is 43.6 Å². The zero-order valence-corrected chi connectivity index (χ0v) is 15.9. The summed E-state index contributed by atoms with van der Waals surface area (Å²) in [6.07, 6.45) is 3.73. The molecule has 0 amide bonds. The first kappa shape index (κ1) is 17.6. The van der Waals surface area contributed by atoms with Crippen molar-refractivity contribution in [3.05, 3.63) is 66.2 Å². The third kappa shape index (κ3) is 3.79. The predicted molar refractivity (Wildman–Crippen MR) is 110 cm³/mol. The van der Waals surface area contributed by atoms with E-state index in [9.17, 15) is 0 Å². The van der Waals surface area contributed by atoms with Crippen molar-refractivity contribution >= 4 is 5.69 Å². The Morgan fingerprint density at radius 2 is 1.58 bits per heavy atom. The number of nitrogens with one attached hydrogen (secondary N) is 1. The zero-order valence-electron chi connectivity index (χ0n) is 15.9. The van der Waals surface area contributed by atoms with E-state index in [0.717, 1.165) is 19.6 Å². The minimum atomic E-state index is 0.286. The van der Waals surface area contributed by atoms with Gasteiger partial charge in [0.05, 0.1) is 0 Å². The first-order valence-electron chi connectivity index (χ1n) is 10.0. The van der Waals surface area contributed by atoms with Crippen molar-refractivity contribution in [2.75, 3.05) is 44.7 Å². The van der Waals surface area contributed by atoms with Crippen LogP contribution in [0.15, 0.2) is 60.7 Å². The number of anilines is 1. The second-order valence-electron chi connectivity index (χ2n) is 8.10. The van der Waals surface area contributed by atoms with Gasteiger partial charge in [0, 0.05) is 36.8 Å². The lowest BCUT2D eigenvalue weighted by atomic mass is 9.72. The predicted octanol–water partition coefficient (Wildman–Crippen LogP) is 3.52. The Morgan fingerprint density at radius 3 is 2.27 bits per heavy atom. The maximum Gasteiger partial charge on any atom is 0.0366 e. The van der Waals surface area contributed by atoms with Gasteiger partial charge in [-0.3, -0.25) is 0 Å². The normalized spacial score (nSPS) is 23.3. The lowest BCUT2D eigenvalue weighted by Crippen LogP contribution is -2.49. The third-order valence-corrected chi connectivity index (χ3v) is 6.37. The first-order valence-corrected chi connectivity index (χ1v) is 10.0. The van der Waals surface area contributed by atoms with Crippen molar-refractivity contribution in [3.63, 3.8) is 0 Å². The van der Waals surface area contributed by atoms with Crippen LogP contribution in [0.3, 0.4) is 0 Å². The van der Waals surface area contributed by atoms with E-state index in [1.54, 1.807) is 0 Å². The molecule has 0 radical (unpaired) electrons. The van der Waals surface area contributed by atoms with Gasteiger partial charge < -0.3 is 15.1 Å². The molecule has 2 aliphatic heterocycles. The number of nitrogens with zero attached hydrogens (tertiary/aromatic N) is 2. The molecule has 0 saturated carbocycles. The molecule has 3 nitrogen and oxygen atoms in total. The van der Waals surface area contributed by atoms with Gasteiger partial charge in [-0.1, -0.05) is 48.5 Å². The summed E-state index contributed by atoms with van der Waals surface area (Å²) in [5, 5.41) is 3.95. The average Bonchev–Trinajstić information content (AvgIpc) is 3.18. The molecule has 2 aromatic rings. The summed E-state index contributed by atoms with van der Waals surface area (Å²) in [4.78, 5) is 4.98. The van der Waals surface area contributed by atoms with Crippen LogP contribution in [0.1, 0.15) is 24.8 Å². The van der Waals surface area contributed by atoms with Gasteiger partial charge >= 0.3 is 0 Å². The molecule has 2 aromatic carbocycles. The number of piperidine rings is 1. The molecule has 2 heterocycles. The van der Waals surface area contributed by atoms with Gasteiger partial charge in [-0.2, -0.15) is 0 Å². The highest BCUT2D eigenvalue weighted by molar-refractivity contribution is 5.47. The molecule has 26 heavy (non-hydrogen) atoms. The highest BCUT2D eigenvalue weighted by Crippen LogP contribution is 2.35. The van der Waals surface area contributed by atoms with Crippen LogP contribution in [-0.2, 0) is 5.41 Å². The van der Waals surface area contributed by atoms with Crippen LogP contribution < -0.4 is 10.2 Å². The summed E-state index contributed by atoms with van der Waals surface area (Å²) in [6.45, 7) is 5.75. The molecule has 0 bridgehead atoms. The van der Waals surface area contributed by atoms with Gasteiger partial charge in [0.1, 0.15) is 0 Å². The standard InChI is InChI=1S/C23H31N3/c1-25-16-13-23(14-17-25,20-8-4-2-5-9-20)19-24-21-12-15-26(18-21)22-10-6-3-7-11-22/h2-11,21,24H,12-19H2,1H3. The maximum atomic E-state index is 3.95. The maximum absolute atomic E-state index is 3.95. The number of para-hydroxylation sites is 1. The lowest BCUT2D eigenvalue weighted by Gasteiger charge is -2.42. The highest BCUT2D eigenvalue weighted by atomic mass is 15.2. The fourth-order valence-corrected chi connectivity index (χ4v) is 4.55. The van der Waals surface area contributed by atoms with E-state index in [0.29, 0.717) is 6.04 Å². The lowest BCUT2D eigenvalue weighted by molar-refractivity contribution is 0.180. The first-order chi connectivity index (χ1) is 12.8. The van der Waals surface area contributed by atoms with Crippen LogP contribution in [0, 0.1) is 0 Å². The molecule has 0 spiro atoms. The summed E-state index contributed by atoms with van der Waals surface area (Å²) in [6, 6.07) is 22.6. The highest BCUT2D eigenvalue weighted by Gasteiger charge is 2.36. The van der Waals surface area contributed by atoms with E-state index in [1.807, 2.05) is 0 Å². The Labute approximate surface area is 158 Å². The molecular weight excluding hydrogens is 318 g/mol. The molecule has 2 saturated heterocycles. The Hall–Kier alpha value is -1.84. The smallest absolute Gasteiger partial charge is 0.0366 e. The van der Waals surface area contributed by atoms with Crippen LogP contribution in [0.25, 0.3) is 0 Å². The van der Waals surface area contributed by atoms with E-state index in [4.69, 9.17) is 0 Å². The number of rotatable bonds is 5.